The van der Waals surface area contributed by atoms with Gasteiger partial charge in [0.25, 0.3) is 0 Å². The van der Waals surface area contributed by atoms with E-state index in [1.807, 2.05) is 53.7 Å². The number of aromatic nitrogens is 1. The highest BCUT2D eigenvalue weighted by atomic mass is 16.6. The Hall–Kier alpha value is -2.19. The molecule has 0 spiro atoms. The number of nitrogens with zero attached hydrogens (tertiary/aromatic N) is 3. The number of esters is 2. The number of hydrogen-bond donors (Lipinski definition) is 0. The van der Waals surface area contributed by atoms with Gasteiger partial charge in [0.1, 0.15) is 17.0 Å². The average molecular weight is 464 g/mol. The molecular formula is C25H41N3O5. The monoisotopic (exact) mass is 463 g/mol. The van der Waals surface area contributed by atoms with E-state index in [4.69, 9.17) is 19.2 Å². The third kappa shape index (κ3) is 11.0. The Morgan fingerprint density at radius 1 is 0.818 bits per heavy atom. The lowest BCUT2D eigenvalue weighted by Gasteiger charge is -2.27. The van der Waals surface area contributed by atoms with Crippen LogP contribution in [0.15, 0.2) is 12.1 Å². The number of carbonyl (C=O) groups is 2. The molecule has 0 aliphatic carbocycles. The Labute approximate surface area is 198 Å². The van der Waals surface area contributed by atoms with Gasteiger partial charge in [-0.1, -0.05) is 6.42 Å². The van der Waals surface area contributed by atoms with Crippen molar-refractivity contribution < 1.29 is 23.8 Å². The van der Waals surface area contributed by atoms with Crippen LogP contribution >= 0.6 is 0 Å². The molecular weight excluding hydrogens is 422 g/mol. The van der Waals surface area contributed by atoms with Crippen LogP contribution in [0, 0.1) is 0 Å². The van der Waals surface area contributed by atoms with Crippen LogP contribution in [0.3, 0.4) is 0 Å². The highest BCUT2D eigenvalue weighted by molar-refractivity contribution is 5.72. The van der Waals surface area contributed by atoms with Gasteiger partial charge in [-0.2, -0.15) is 0 Å². The molecule has 33 heavy (non-hydrogen) atoms. The summed E-state index contributed by atoms with van der Waals surface area (Å²) in [5, 5.41) is 0. The second kappa shape index (κ2) is 11.8. The minimum atomic E-state index is -0.511. The summed E-state index contributed by atoms with van der Waals surface area (Å²) >= 11 is 0. The van der Waals surface area contributed by atoms with Gasteiger partial charge < -0.3 is 14.2 Å². The van der Waals surface area contributed by atoms with E-state index in [1.54, 1.807) is 7.11 Å². The Morgan fingerprint density at radius 2 is 1.24 bits per heavy atom. The van der Waals surface area contributed by atoms with Crippen LogP contribution < -0.4 is 4.74 Å². The first-order chi connectivity index (χ1) is 15.3. The molecule has 186 valence electrons. The van der Waals surface area contributed by atoms with Gasteiger partial charge in [-0.3, -0.25) is 24.4 Å². The molecule has 2 rings (SSSR count). The Balaban J connectivity index is 2.19. The molecule has 1 aromatic rings. The molecule has 0 aromatic carbocycles. The summed E-state index contributed by atoms with van der Waals surface area (Å²) in [6.45, 7) is 14.3. The molecule has 8 nitrogen and oxygen atoms in total. The summed E-state index contributed by atoms with van der Waals surface area (Å²) in [6.07, 6.45) is 2.89. The van der Waals surface area contributed by atoms with Crippen LogP contribution in [0.2, 0.25) is 0 Å². The van der Waals surface area contributed by atoms with Crippen LogP contribution in [-0.2, 0) is 32.2 Å². The van der Waals surface area contributed by atoms with Crippen molar-refractivity contribution in [2.75, 3.05) is 33.3 Å². The lowest BCUT2D eigenvalue weighted by molar-refractivity contribution is -0.157. The lowest BCUT2D eigenvalue weighted by atomic mass is 10.1. The maximum absolute atomic E-state index is 12.4. The second-order valence-electron chi connectivity index (χ2n) is 10.6. The molecule has 0 fully saturated rings. The maximum atomic E-state index is 12.4. The van der Waals surface area contributed by atoms with Crippen LogP contribution in [-0.4, -0.2) is 71.2 Å². The molecule has 8 heteroatoms. The summed E-state index contributed by atoms with van der Waals surface area (Å²) in [5.74, 6) is 0.240. The smallest absolute Gasteiger partial charge is 0.320 e. The molecule has 0 saturated carbocycles. The summed E-state index contributed by atoms with van der Waals surface area (Å²) < 4.78 is 16.5. The van der Waals surface area contributed by atoms with E-state index in [1.165, 1.54) is 0 Å². The van der Waals surface area contributed by atoms with Gasteiger partial charge in [-0.25, -0.2) is 0 Å². The normalized spacial score (nSPS) is 16.9. The van der Waals surface area contributed by atoms with Gasteiger partial charge >= 0.3 is 11.9 Å². The van der Waals surface area contributed by atoms with Crippen molar-refractivity contribution in [3.8, 4) is 5.75 Å². The van der Waals surface area contributed by atoms with Crippen molar-refractivity contribution in [2.24, 2.45) is 0 Å². The minimum Gasteiger partial charge on any atom is -0.497 e. The van der Waals surface area contributed by atoms with E-state index in [0.29, 0.717) is 18.8 Å². The first-order valence-electron chi connectivity index (χ1n) is 11.8. The quantitative estimate of drug-likeness (QED) is 0.613. The summed E-state index contributed by atoms with van der Waals surface area (Å²) in [5.41, 5.74) is 0.627. The van der Waals surface area contributed by atoms with Crippen molar-refractivity contribution in [1.82, 2.24) is 14.8 Å². The summed E-state index contributed by atoms with van der Waals surface area (Å²) in [7, 11) is 1.63. The van der Waals surface area contributed by atoms with Gasteiger partial charge in [0.05, 0.1) is 31.6 Å². The number of methoxy groups -OCH3 is 1. The third-order valence-corrected chi connectivity index (χ3v) is 4.91. The average Bonchev–Trinajstić information content (AvgIpc) is 2.63. The van der Waals surface area contributed by atoms with Gasteiger partial charge in [0.2, 0.25) is 0 Å². The van der Waals surface area contributed by atoms with Crippen molar-refractivity contribution in [3.63, 3.8) is 0 Å². The summed E-state index contributed by atoms with van der Waals surface area (Å²) in [4.78, 5) is 33.8. The first kappa shape index (κ1) is 27.1. The number of hydrogen-bond acceptors (Lipinski definition) is 8. The molecule has 1 aliphatic rings. The van der Waals surface area contributed by atoms with Gasteiger partial charge in [-0.15, -0.1) is 0 Å². The maximum Gasteiger partial charge on any atom is 0.320 e. The SMILES string of the molecule is COc1cc2nc(c1)CN(CC(=O)OC(C)(C)C)CCCCCN(CC(=O)OC(C)(C)C)C2. The van der Waals surface area contributed by atoms with Crippen LogP contribution in [0.5, 0.6) is 5.75 Å². The highest BCUT2D eigenvalue weighted by Crippen LogP contribution is 2.19. The number of fused-ring (bicyclic) bond motifs is 2. The van der Waals surface area contributed by atoms with Gasteiger partial charge in [0, 0.05) is 25.2 Å². The van der Waals surface area contributed by atoms with E-state index in [-0.39, 0.29) is 25.0 Å². The topological polar surface area (TPSA) is 81.2 Å². The third-order valence-electron chi connectivity index (χ3n) is 4.91. The van der Waals surface area contributed by atoms with Crippen molar-refractivity contribution in [3.05, 3.63) is 23.5 Å². The van der Waals surface area contributed by atoms with E-state index in [9.17, 15) is 9.59 Å². The molecule has 0 N–H and O–H groups in total. The molecule has 1 aliphatic heterocycles. The van der Waals surface area contributed by atoms with Crippen molar-refractivity contribution in [2.45, 2.75) is 85.1 Å². The lowest BCUT2D eigenvalue weighted by Crippen LogP contribution is -2.37. The fourth-order valence-corrected chi connectivity index (χ4v) is 3.75. The molecule has 0 radical (unpaired) electrons. The Bertz CT molecular complexity index is 738. The van der Waals surface area contributed by atoms with E-state index >= 15 is 0 Å². The number of pyridine rings is 1. The Morgan fingerprint density at radius 3 is 1.61 bits per heavy atom. The zero-order chi connectivity index (χ0) is 24.6. The van der Waals surface area contributed by atoms with Gasteiger partial charge in [-0.05, 0) is 67.5 Å². The number of carbonyl (C=O) groups excluding carboxylic acids is 2. The van der Waals surface area contributed by atoms with E-state index in [0.717, 1.165) is 43.7 Å². The van der Waals surface area contributed by atoms with Crippen LogP contribution in [0.4, 0.5) is 0 Å². The minimum absolute atomic E-state index is 0.219. The highest BCUT2D eigenvalue weighted by Gasteiger charge is 2.22. The molecule has 0 saturated heterocycles. The fourth-order valence-electron chi connectivity index (χ4n) is 3.75. The fraction of sp³-hybridized carbons (Fsp3) is 0.720. The predicted octanol–water partition coefficient (Wildman–Crippen LogP) is 3.56. The Kier molecular flexibility index (Phi) is 9.67. The van der Waals surface area contributed by atoms with Gasteiger partial charge in [0.15, 0.2) is 0 Å². The number of rotatable bonds is 5. The number of ether oxygens (including phenoxy) is 3. The summed E-state index contributed by atoms with van der Waals surface area (Å²) in [6, 6.07) is 3.80. The standard InChI is InChI=1S/C25H41N3O5/c1-24(2,3)32-22(29)17-27-11-9-8-10-12-28(18-23(30)33-25(4,5)6)16-20-14-21(31-7)13-19(15-27)26-20/h13-14H,8-12,15-18H2,1-7H3. The molecule has 0 amide bonds. The molecule has 2 heterocycles. The molecule has 0 atom stereocenters. The molecule has 1 aromatic heterocycles. The van der Waals surface area contributed by atoms with Crippen molar-refractivity contribution >= 4 is 11.9 Å². The second-order valence-corrected chi connectivity index (χ2v) is 10.6. The first-order valence-corrected chi connectivity index (χ1v) is 11.8. The molecule has 2 bridgehead atoms. The largest absolute Gasteiger partial charge is 0.497 e. The van der Waals surface area contributed by atoms with Crippen LogP contribution in [0.1, 0.15) is 72.2 Å². The van der Waals surface area contributed by atoms with E-state index in [2.05, 4.69) is 9.80 Å². The zero-order valence-electron chi connectivity index (χ0n) is 21.4. The van der Waals surface area contributed by atoms with Crippen LogP contribution in [0.25, 0.3) is 0 Å². The zero-order valence-corrected chi connectivity index (χ0v) is 21.4. The molecule has 0 unspecified atom stereocenters. The van der Waals surface area contributed by atoms with Crippen molar-refractivity contribution in [1.29, 1.82) is 0 Å². The predicted molar refractivity (Wildman–Crippen MR) is 127 cm³/mol. The van der Waals surface area contributed by atoms with E-state index < -0.39 is 11.2 Å².